The van der Waals surface area contributed by atoms with Crippen molar-refractivity contribution in [3.63, 3.8) is 0 Å². The summed E-state index contributed by atoms with van der Waals surface area (Å²) in [6.07, 6.45) is 3.59. The predicted octanol–water partition coefficient (Wildman–Crippen LogP) is 1.78. The Hall–Kier alpha value is -1.84. The second kappa shape index (κ2) is 3.96. The fourth-order valence-corrected chi connectivity index (χ4v) is 1.78. The fourth-order valence-electron chi connectivity index (χ4n) is 1.78. The van der Waals surface area contributed by atoms with E-state index in [4.69, 9.17) is 0 Å². The molecule has 0 unspecified atom stereocenters. The average molecular weight is 217 g/mol. The highest BCUT2D eigenvalue weighted by Gasteiger charge is 2.09. The second-order valence-electron chi connectivity index (χ2n) is 3.92. The zero-order valence-electron chi connectivity index (χ0n) is 9.77. The van der Waals surface area contributed by atoms with Gasteiger partial charge in [0.15, 0.2) is 6.29 Å². The first-order valence-corrected chi connectivity index (χ1v) is 5.31. The molecule has 0 amide bonds. The lowest BCUT2D eigenvalue weighted by molar-refractivity contribution is 0.112. The van der Waals surface area contributed by atoms with Crippen LogP contribution in [0.5, 0.6) is 0 Å². The number of aldehydes is 1. The maximum absolute atomic E-state index is 10.9. The van der Waals surface area contributed by atoms with Gasteiger partial charge in [-0.3, -0.25) is 4.79 Å². The Morgan fingerprint density at radius 3 is 2.81 bits per heavy atom. The Morgan fingerprint density at radius 1 is 1.50 bits per heavy atom. The number of aromatic nitrogens is 2. The Balaban J connectivity index is 2.71. The van der Waals surface area contributed by atoms with Crippen LogP contribution in [-0.2, 0) is 6.42 Å². The lowest BCUT2D eigenvalue weighted by Crippen LogP contribution is -2.08. The first-order valence-electron chi connectivity index (χ1n) is 5.31. The van der Waals surface area contributed by atoms with Crippen molar-refractivity contribution in [1.29, 1.82) is 0 Å². The molecule has 0 spiro atoms. The molecule has 0 atom stereocenters. The summed E-state index contributed by atoms with van der Waals surface area (Å²) in [7, 11) is 3.95. The van der Waals surface area contributed by atoms with Crippen molar-refractivity contribution in [3.8, 4) is 0 Å². The van der Waals surface area contributed by atoms with E-state index in [0.29, 0.717) is 5.69 Å². The van der Waals surface area contributed by atoms with Crippen LogP contribution in [0.1, 0.15) is 23.2 Å². The van der Waals surface area contributed by atoms with Gasteiger partial charge in [-0.15, -0.1) is 0 Å². The fraction of sp³-hybridized carbons (Fsp3) is 0.333. The summed E-state index contributed by atoms with van der Waals surface area (Å²) >= 11 is 0. The largest absolute Gasteiger partial charge is 0.378 e. The number of hydrogen-bond acceptors (Lipinski definition) is 3. The van der Waals surface area contributed by atoms with Crippen LogP contribution in [0.25, 0.3) is 5.52 Å². The highest BCUT2D eigenvalue weighted by molar-refractivity contribution is 5.85. The molecule has 2 aromatic heterocycles. The zero-order valence-corrected chi connectivity index (χ0v) is 9.77. The minimum Gasteiger partial charge on any atom is -0.378 e. The third kappa shape index (κ3) is 1.56. The summed E-state index contributed by atoms with van der Waals surface area (Å²) in [6, 6.07) is 4.00. The van der Waals surface area contributed by atoms with E-state index in [1.165, 1.54) is 0 Å². The SMILES string of the molecule is CCc1nc(C=O)c2cc(N(C)C)ccn12. The van der Waals surface area contributed by atoms with Gasteiger partial charge in [-0.1, -0.05) is 6.92 Å². The van der Waals surface area contributed by atoms with E-state index in [1.807, 2.05) is 48.6 Å². The molecule has 0 fully saturated rings. The highest BCUT2D eigenvalue weighted by atomic mass is 16.1. The number of carbonyl (C=O) groups is 1. The van der Waals surface area contributed by atoms with Gasteiger partial charge in [0.1, 0.15) is 11.5 Å². The van der Waals surface area contributed by atoms with Crippen LogP contribution >= 0.6 is 0 Å². The maximum atomic E-state index is 10.9. The Morgan fingerprint density at radius 2 is 2.25 bits per heavy atom. The molecule has 0 N–H and O–H groups in total. The van der Waals surface area contributed by atoms with Gasteiger partial charge in [0.05, 0.1) is 5.52 Å². The van der Waals surface area contributed by atoms with Crippen molar-refractivity contribution in [1.82, 2.24) is 9.38 Å². The van der Waals surface area contributed by atoms with Gasteiger partial charge in [-0.2, -0.15) is 0 Å². The third-order valence-electron chi connectivity index (χ3n) is 2.67. The number of imidazole rings is 1. The molecule has 2 rings (SSSR count). The summed E-state index contributed by atoms with van der Waals surface area (Å²) in [5.74, 6) is 0.919. The van der Waals surface area contributed by atoms with Crippen molar-refractivity contribution in [3.05, 3.63) is 29.8 Å². The molecule has 0 aromatic carbocycles. The predicted molar refractivity (Wildman–Crippen MR) is 64.3 cm³/mol. The molecule has 0 aliphatic carbocycles. The number of rotatable bonds is 3. The summed E-state index contributed by atoms with van der Waals surface area (Å²) in [6.45, 7) is 2.03. The van der Waals surface area contributed by atoms with Crippen molar-refractivity contribution in [2.24, 2.45) is 0 Å². The Bertz CT molecular complexity index is 528. The van der Waals surface area contributed by atoms with E-state index >= 15 is 0 Å². The number of anilines is 1. The number of aryl methyl sites for hydroxylation is 1. The van der Waals surface area contributed by atoms with E-state index in [9.17, 15) is 4.79 Å². The van der Waals surface area contributed by atoms with Crippen LogP contribution in [-0.4, -0.2) is 29.8 Å². The van der Waals surface area contributed by atoms with Crippen LogP contribution in [0.4, 0.5) is 5.69 Å². The molecule has 84 valence electrons. The monoisotopic (exact) mass is 217 g/mol. The zero-order chi connectivity index (χ0) is 11.7. The summed E-state index contributed by atoms with van der Waals surface area (Å²) in [4.78, 5) is 17.3. The normalized spacial score (nSPS) is 10.7. The number of fused-ring (bicyclic) bond motifs is 1. The molecule has 4 heteroatoms. The van der Waals surface area contributed by atoms with Gasteiger partial charge in [0.2, 0.25) is 0 Å². The molecule has 0 aliphatic rings. The van der Waals surface area contributed by atoms with Gasteiger partial charge >= 0.3 is 0 Å². The van der Waals surface area contributed by atoms with Crippen LogP contribution in [0.3, 0.4) is 0 Å². The lowest BCUT2D eigenvalue weighted by atomic mass is 10.3. The average Bonchev–Trinajstić information content (AvgIpc) is 2.65. The molecule has 0 saturated heterocycles. The summed E-state index contributed by atoms with van der Waals surface area (Å²) < 4.78 is 1.97. The number of hydrogen-bond donors (Lipinski definition) is 0. The van der Waals surface area contributed by atoms with Crippen molar-refractivity contribution in [2.75, 3.05) is 19.0 Å². The molecule has 2 heterocycles. The number of pyridine rings is 1. The molecule has 0 radical (unpaired) electrons. The van der Waals surface area contributed by atoms with Crippen molar-refractivity contribution in [2.45, 2.75) is 13.3 Å². The minimum absolute atomic E-state index is 0.514. The van der Waals surface area contributed by atoms with E-state index in [0.717, 1.165) is 29.7 Å². The summed E-state index contributed by atoms with van der Waals surface area (Å²) in [5.41, 5.74) is 2.46. The number of nitrogens with zero attached hydrogens (tertiary/aromatic N) is 3. The quantitative estimate of drug-likeness (QED) is 0.735. The first-order chi connectivity index (χ1) is 7.67. The summed E-state index contributed by atoms with van der Waals surface area (Å²) in [5, 5.41) is 0. The van der Waals surface area contributed by atoms with E-state index in [-0.39, 0.29) is 0 Å². The van der Waals surface area contributed by atoms with Gasteiger partial charge in [0.25, 0.3) is 0 Å². The molecule has 4 nitrogen and oxygen atoms in total. The van der Waals surface area contributed by atoms with Crippen molar-refractivity contribution < 1.29 is 4.79 Å². The van der Waals surface area contributed by atoms with Gasteiger partial charge in [0, 0.05) is 32.4 Å². The molecule has 0 aliphatic heterocycles. The Kier molecular flexibility index (Phi) is 2.64. The minimum atomic E-state index is 0.514. The van der Waals surface area contributed by atoms with Crippen LogP contribution in [0, 0.1) is 0 Å². The van der Waals surface area contributed by atoms with Crippen LogP contribution in [0.15, 0.2) is 18.3 Å². The molecular formula is C12H15N3O. The van der Waals surface area contributed by atoms with E-state index < -0.39 is 0 Å². The second-order valence-corrected chi connectivity index (χ2v) is 3.92. The molecule has 16 heavy (non-hydrogen) atoms. The topological polar surface area (TPSA) is 37.6 Å². The number of carbonyl (C=O) groups excluding carboxylic acids is 1. The lowest BCUT2D eigenvalue weighted by Gasteiger charge is -2.12. The molecule has 2 aromatic rings. The smallest absolute Gasteiger partial charge is 0.170 e. The Labute approximate surface area is 94.5 Å². The van der Waals surface area contributed by atoms with Gasteiger partial charge in [-0.05, 0) is 12.1 Å². The molecule has 0 bridgehead atoms. The van der Waals surface area contributed by atoms with Gasteiger partial charge in [-0.25, -0.2) is 4.98 Å². The molecule has 0 saturated carbocycles. The van der Waals surface area contributed by atoms with Crippen molar-refractivity contribution >= 4 is 17.5 Å². The van der Waals surface area contributed by atoms with E-state index in [2.05, 4.69) is 4.98 Å². The highest BCUT2D eigenvalue weighted by Crippen LogP contribution is 2.19. The van der Waals surface area contributed by atoms with Crippen LogP contribution in [0.2, 0.25) is 0 Å². The molecular weight excluding hydrogens is 202 g/mol. The third-order valence-corrected chi connectivity index (χ3v) is 2.67. The standard InChI is InChI=1S/C12H15N3O/c1-4-12-13-10(8-16)11-7-9(14(2)3)5-6-15(11)12/h5-8H,4H2,1-3H3. The maximum Gasteiger partial charge on any atom is 0.170 e. The van der Waals surface area contributed by atoms with Gasteiger partial charge < -0.3 is 9.30 Å². The first kappa shape index (κ1) is 10.7. The van der Waals surface area contributed by atoms with E-state index in [1.54, 1.807) is 0 Å². The van der Waals surface area contributed by atoms with Crippen LogP contribution < -0.4 is 4.90 Å².